The molecule has 0 aliphatic carbocycles. The topological polar surface area (TPSA) is 64.0 Å². The van der Waals surface area contributed by atoms with Gasteiger partial charge in [-0.25, -0.2) is 0 Å². The highest BCUT2D eigenvalue weighted by molar-refractivity contribution is 7.16. The highest BCUT2D eigenvalue weighted by Crippen LogP contribution is 2.40. The molecule has 0 spiro atoms. The van der Waals surface area contributed by atoms with E-state index in [2.05, 4.69) is 24.5 Å². The van der Waals surface area contributed by atoms with Crippen molar-refractivity contribution in [2.24, 2.45) is 0 Å². The van der Waals surface area contributed by atoms with Crippen LogP contribution in [0, 0.1) is 0 Å². The van der Waals surface area contributed by atoms with E-state index >= 15 is 0 Å². The number of nitrogens with one attached hydrogen (secondary N) is 3. The lowest BCUT2D eigenvalue weighted by Gasteiger charge is -2.29. The molecule has 2 aliphatic heterocycles. The fourth-order valence-corrected chi connectivity index (χ4v) is 5.34. The second kappa shape index (κ2) is 7.64. The van der Waals surface area contributed by atoms with Crippen LogP contribution >= 0.6 is 11.3 Å². The van der Waals surface area contributed by atoms with Gasteiger partial charge in [-0.05, 0) is 44.0 Å². The van der Waals surface area contributed by atoms with Gasteiger partial charge in [-0.2, -0.15) is 0 Å². The Labute approximate surface area is 169 Å². The molecule has 3 N–H and O–H groups in total. The van der Waals surface area contributed by atoms with Crippen LogP contribution in [0.1, 0.15) is 53.3 Å². The van der Waals surface area contributed by atoms with E-state index in [1.54, 1.807) is 23.3 Å². The van der Waals surface area contributed by atoms with E-state index in [1.807, 2.05) is 25.1 Å². The number of carbonyl (C=O) groups is 1. The van der Waals surface area contributed by atoms with E-state index in [4.69, 9.17) is 9.47 Å². The zero-order chi connectivity index (χ0) is 19.8. The Morgan fingerprint density at radius 1 is 1.29 bits per heavy atom. The third-order valence-corrected chi connectivity index (χ3v) is 6.75. The molecule has 0 saturated carbocycles. The first-order valence-corrected chi connectivity index (χ1v) is 10.7. The average molecular weight is 403 g/mol. The van der Waals surface area contributed by atoms with Crippen molar-refractivity contribution in [2.75, 3.05) is 25.6 Å². The molecule has 1 unspecified atom stereocenters. The zero-order valence-corrected chi connectivity index (χ0v) is 17.7. The number of quaternary nitrogens is 1. The molecule has 1 aromatic carbocycles. The highest BCUT2D eigenvalue weighted by atomic mass is 32.1. The van der Waals surface area contributed by atoms with Gasteiger partial charge in [0.25, 0.3) is 5.91 Å². The third-order valence-electron chi connectivity index (χ3n) is 5.59. The lowest BCUT2D eigenvalue weighted by atomic mass is 9.99. The van der Waals surface area contributed by atoms with Crippen molar-refractivity contribution in [2.45, 2.75) is 45.9 Å². The number of carbonyl (C=O) groups excluding carboxylic acids is 1. The Kier molecular flexibility index (Phi) is 5.21. The van der Waals surface area contributed by atoms with Crippen molar-refractivity contribution < 1.29 is 19.2 Å². The van der Waals surface area contributed by atoms with Crippen LogP contribution in [0.15, 0.2) is 18.2 Å². The normalized spacial score (nSPS) is 20.8. The van der Waals surface area contributed by atoms with E-state index in [0.717, 1.165) is 35.6 Å². The van der Waals surface area contributed by atoms with Gasteiger partial charge in [-0.1, -0.05) is 6.07 Å². The summed E-state index contributed by atoms with van der Waals surface area (Å²) in [6.07, 6.45) is 0.684. The Bertz CT molecular complexity index is 893. The van der Waals surface area contributed by atoms with Crippen molar-refractivity contribution >= 4 is 22.2 Å². The van der Waals surface area contributed by atoms with E-state index in [9.17, 15) is 4.79 Å². The second-order valence-corrected chi connectivity index (χ2v) is 8.70. The van der Waals surface area contributed by atoms with Gasteiger partial charge in [0, 0.05) is 6.42 Å². The molecule has 0 saturated heterocycles. The van der Waals surface area contributed by atoms with Crippen LogP contribution < -0.4 is 25.0 Å². The number of rotatable bonds is 5. The van der Waals surface area contributed by atoms with Crippen LogP contribution in [-0.4, -0.2) is 32.2 Å². The van der Waals surface area contributed by atoms with Crippen LogP contribution in [0.25, 0.3) is 0 Å². The lowest BCUT2D eigenvalue weighted by Crippen LogP contribution is -3.14. The Balaban J connectivity index is 1.62. The number of anilines is 1. The van der Waals surface area contributed by atoms with Crippen molar-refractivity contribution in [1.82, 2.24) is 5.32 Å². The predicted octanol–water partition coefficient (Wildman–Crippen LogP) is 2.36. The summed E-state index contributed by atoms with van der Waals surface area (Å²) in [6.45, 7) is 9.12. The number of ether oxygens (including phenoxy) is 2. The summed E-state index contributed by atoms with van der Waals surface area (Å²) < 4.78 is 11.1. The molecule has 2 aromatic rings. The van der Waals surface area contributed by atoms with Crippen LogP contribution in [0.4, 0.5) is 5.00 Å². The Morgan fingerprint density at radius 3 is 2.82 bits per heavy atom. The van der Waals surface area contributed by atoms with Crippen LogP contribution in [-0.2, 0) is 13.0 Å². The van der Waals surface area contributed by atoms with E-state index in [0.29, 0.717) is 24.1 Å². The molecule has 4 rings (SSSR count). The number of benzene rings is 1. The van der Waals surface area contributed by atoms with Gasteiger partial charge in [0.1, 0.15) is 17.7 Å². The monoisotopic (exact) mass is 402 g/mol. The molecule has 2 atom stereocenters. The fraction of sp³-hybridized carbons (Fsp3) is 0.476. The van der Waals surface area contributed by atoms with Gasteiger partial charge in [-0.15, -0.1) is 11.3 Å². The third kappa shape index (κ3) is 3.33. The number of hydrogen-bond acceptors (Lipinski definition) is 5. The van der Waals surface area contributed by atoms with Gasteiger partial charge in [0.15, 0.2) is 11.5 Å². The standard InChI is InChI=1S/C21H27N3O3S/c1-5-27-15-7-6-13(10-16(15)26-4)19-22-20(25)18-14-8-9-24(12(2)3)11-17(14)28-21(18)23-19/h6-7,10,12,19,23H,5,8-9,11H2,1-4H3,(H,22,25)/p+1/t19-/m0/s1. The molecule has 7 heteroatoms. The summed E-state index contributed by atoms with van der Waals surface area (Å²) in [4.78, 5) is 15.9. The quantitative estimate of drug-likeness (QED) is 0.719. The maximum absolute atomic E-state index is 12.9. The van der Waals surface area contributed by atoms with Crippen LogP contribution in [0.5, 0.6) is 11.5 Å². The zero-order valence-electron chi connectivity index (χ0n) is 16.8. The molecule has 0 bridgehead atoms. The number of hydrogen-bond donors (Lipinski definition) is 3. The molecule has 0 fully saturated rings. The SMILES string of the molecule is CCOc1ccc([C@H]2NC(=O)c3c(sc4c3CC[NH+](C(C)C)C4)N2)cc1OC. The molecular weight excluding hydrogens is 374 g/mol. The minimum absolute atomic E-state index is 0.0112. The summed E-state index contributed by atoms with van der Waals surface area (Å²) in [5.74, 6) is 1.39. The van der Waals surface area contributed by atoms with Crippen LogP contribution in [0.3, 0.4) is 0 Å². The molecule has 2 aliphatic rings. The number of thiophene rings is 1. The largest absolute Gasteiger partial charge is 0.493 e. The predicted molar refractivity (Wildman–Crippen MR) is 111 cm³/mol. The van der Waals surface area contributed by atoms with Gasteiger partial charge in [0.05, 0.1) is 36.7 Å². The number of fused-ring (bicyclic) bond motifs is 3. The number of amides is 1. The average Bonchev–Trinajstić information content (AvgIpc) is 3.06. The number of methoxy groups -OCH3 is 1. The van der Waals surface area contributed by atoms with E-state index in [-0.39, 0.29) is 12.1 Å². The highest BCUT2D eigenvalue weighted by Gasteiger charge is 2.35. The molecule has 28 heavy (non-hydrogen) atoms. The molecule has 1 amide bonds. The maximum atomic E-state index is 12.9. The summed E-state index contributed by atoms with van der Waals surface area (Å²) in [6, 6.07) is 6.38. The summed E-state index contributed by atoms with van der Waals surface area (Å²) in [5, 5.41) is 7.63. The summed E-state index contributed by atoms with van der Waals surface area (Å²) in [5.41, 5.74) is 3.02. The van der Waals surface area contributed by atoms with Gasteiger partial charge in [0.2, 0.25) is 0 Å². The Morgan fingerprint density at radius 2 is 2.11 bits per heavy atom. The van der Waals surface area contributed by atoms with E-state index < -0.39 is 0 Å². The molecular formula is C21H28N3O3S+. The van der Waals surface area contributed by atoms with Crippen molar-refractivity contribution in [3.63, 3.8) is 0 Å². The van der Waals surface area contributed by atoms with Crippen LogP contribution in [0.2, 0.25) is 0 Å². The minimum atomic E-state index is -0.279. The minimum Gasteiger partial charge on any atom is -0.493 e. The smallest absolute Gasteiger partial charge is 0.256 e. The maximum Gasteiger partial charge on any atom is 0.256 e. The molecule has 3 heterocycles. The van der Waals surface area contributed by atoms with Crippen molar-refractivity contribution in [1.29, 1.82) is 0 Å². The van der Waals surface area contributed by atoms with Gasteiger partial charge in [-0.3, -0.25) is 4.79 Å². The van der Waals surface area contributed by atoms with Crippen molar-refractivity contribution in [3.05, 3.63) is 39.8 Å². The first-order valence-electron chi connectivity index (χ1n) is 9.89. The van der Waals surface area contributed by atoms with Gasteiger partial charge < -0.3 is 25.0 Å². The summed E-state index contributed by atoms with van der Waals surface area (Å²) >= 11 is 1.73. The molecule has 150 valence electrons. The molecule has 1 aromatic heterocycles. The Hall–Kier alpha value is -2.25. The van der Waals surface area contributed by atoms with Gasteiger partial charge >= 0.3 is 0 Å². The second-order valence-electron chi connectivity index (χ2n) is 7.59. The first-order chi connectivity index (χ1) is 13.5. The fourth-order valence-electron chi connectivity index (χ4n) is 4.01. The summed E-state index contributed by atoms with van der Waals surface area (Å²) in [7, 11) is 1.63. The lowest BCUT2D eigenvalue weighted by molar-refractivity contribution is -0.936. The molecule has 0 radical (unpaired) electrons. The molecule has 6 nitrogen and oxygen atoms in total. The first kappa shape index (κ1) is 19.1. The van der Waals surface area contributed by atoms with E-state index in [1.165, 1.54) is 10.4 Å². The van der Waals surface area contributed by atoms with Crippen molar-refractivity contribution in [3.8, 4) is 11.5 Å².